The predicted octanol–water partition coefficient (Wildman–Crippen LogP) is 2.42. The van der Waals surface area contributed by atoms with Crippen molar-refractivity contribution >= 4 is 5.78 Å². The van der Waals surface area contributed by atoms with E-state index in [0.29, 0.717) is 12.2 Å². The Hall–Kier alpha value is -0.370. The zero-order valence-corrected chi connectivity index (χ0v) is 8.43. The van der Waals surface area contributed by atoms with Crippen LogP contribution < -0.4 is 0 Å². The van der Waals surface area contributed by atoms with Crippen molar-refractivity contribution in [3.05, 3.63) is 0 Å². The molecule has 0 bridgehead atoms. The predicted molar refractivity (Wildman–Crippen MR) is 50.2 cm³/mol. The van der Waals surface area contributed by atoms with Crippen LogP contribution in [0.1, 0.15) is 40.0 Å². The van der Waals surface area contributed by atoms with E-state index in [-0.39, 0.29) is 5.92 Å². The lowest BCUT2D eigenvalue weighted by molar-refractivity contribution is -0.122. The first-order valence-electron chi connectivity index (χ1n) is 4.82. The van der Waals surface area contributed by atoms with Crippen molar-refractivity contribution in [2.45, 2.75) is 40.0 Å². The molecule has 2 nitrogen and oxygen atoms in total. The molecule has 12 heavy (non-hydrogen) atoms. The molecule has 0 aromatic heterocycles. The second-order valence-electron chi connectivity index (χ2n) is 3.06. The second kappa shape index (κ2) is 7.29. The van der Waals surface area contributed by atoms with Gasteiger partial charge in [-0.1, -0.05) is 13.8 Å². The Kier molecular flexibility index (Phi) is 7.06. The largest absolute Gasteiger partial charge is 0.382 e. The van der Waals surface area contributed by atoms with E-state index in [1.165, 1.54) is 0 Å². The van der Waals surface area contributed by atoms with Crippen LogP contribution in [0.25, 0.3) is 0 Å². The van der Waals surface area contributed by atoms with Crippen LogP contribution in [-0.2, 0) is 9.53 Å². The molecule has 0 radical (unpaired) electrons. The van der Waals surface area contributed by atoms with E-state index in [2.05, 4.69) is 0 Å². The number of carbonyl (C=O) groups excluding carboxylic acids is 1. The summed E-state index contributed by atoms with van der Waals surface area (Å²) < 4.78 is 5.19. The van der Waals surface area contributed by atoms with Gasteiger partial charge in [0.1, 0.15) is 5.78 Å². The van der Waals surface area contributed by atoms with E-state index >= 15 is 0 Å². The van der Waals surface area contributed by atoms with Gasteiger partial charge in [0, 0.05) is 25.6 Å². The van der Waals surface area contributed by atoms with Gasteiger partial charge >= 0.3 is 0 Å². The molecular weight excluding hydrogens is 152 g/mol. The highest BCUT2D eigenvalue weighted by Gasteiger charge is 2.09. The van der Waals surface area contributed by atoms with E-state index in [0.717, 1.165) is 26.1 Å². The minimum Gasteiger partial charge on any atom is -0.382 e. The molecule has 0 N–H and O–H groups in total. The van der Waals surface area contributed by atoms with Crippen molar-refractivity contribution in [1.82, 2.24) is 0 Å². The zero-order valence-electron chi connectivity index (χ0n) is 8.43. The fourth-order valence-electron chi connectivity index (χ4n) is 1.15. The van der Waals surface area contributed by atoms with Crippen LogP contribution in [-0.4, -0.2) is 19.0 Å². The quantitative estimate of drug-likeness (QED) is 0.551. The molecule has 0 aromatic carbocycles. The summed E-state index contributed by atoms with van der Waals surface area (Å²) >= 11 is 0. The average molecular weight is 172 g/mol. The molecule has 0 aromatic rings. The molecule has 0 heterocycles. The van der Waals surface area contributed by atoms with Gasteiger partial charge < -0.3 is 4.74 Å². The van der Waals surface area contributed by atoms with Crippen molar-refractivity contribution in [2.24, 2.45) is 5.92 Å². The molecule has 0 rings (SSSR count). The topological polar surface area (TPSA) is 26.3 Å². The molecule has 0 fully saturated rings. The molecule has 0 aliphatic carbocycles. The number of ether oxygens (including phenoxy) is 1. The van der Waals surface area contributed by atoms with Crippen LogP contribution in [0, 0.1) is 5.92 Å². The number of ketones is 1. The van der Waals surface area contributed by atoms with Crippen molar-refractivity contribution in [2.75, 3.05) is 13.2 Å². The summed E-state index contributed by atoms with van der Waals surface area (Å²) in [5.74, 6) is 0.585. The Morgan fingerprint density at radius 2 is 2.08 bits per heavy atom. The molecule has 0 saturated heterocycles. The molecule has 0 amide bonds. The monoisotopic (exact) mass is 172 g/mol. The minimum atomic E-state index is 0.218. The van der Waals surface area contributed by atoms with Gasteiger partial charge in [-0.15, -0.1) is 0 Å². The summed E-state index contributed by atoms with van der Waals surface area (Å²) in [6, 6.07) is 0. The van der Waals surface area contributed by atoms with Gasteiger partial charge in [-0.3, -0.25) is 4.79 Å². The number of rotatable bonds is 7. The van der Waals surface area contributed by atoms with Crippen LogP contribution in [0.2, 0.25) is 0 Å². The Balaban J connectivity index is 3.31. The number of carbonyl (C=O) groups is 1. The van der Waals surface area contributed by atoms with Gasteiger partial charge in [-0.2, -0.15) is 0 Å². The van der Waals surface area contributed by atoms with Gasteiger partial charge in [0.05, 0.1) is 0 Å². The highest BCUT2D eigenvalue weighted by molar-refractivity contribution is 5.80. The molecule has 1 atom stereocenters. The Morgan fingerprint density at radius 1 is 1.42 bits per heavy atom. The summed E-state index contributed by atoms with van der Waals surface area (Å²) in [5.41, 5.74) is 0. The fraction of sp³-hybridized carbons (Fsp3) is 0.900. The number of Topliss-reactive ketones (excluding diaryl/α,β-unsaturated/α-hetero) is 1. The summed E-state index contributed by atoms with van der Waals surface area (Å²) in [6.07, 6.45) is 2.63. The molecule has 0 spiro atoms. The maximum absolute atomic E-state index is 11.1. The van der Waals surface area contributed by atoms with Gasteiger partial charge in [-0.05, 0) is 19.8 Å². The van der Waals surface area contributed by atoms with Crippen LogP contribution in [0.15, 0.2) is 0 Å². The van der Waals surface area contributed by atoms with E-state index in [4.69, 9.17) is 4.74 Å². The average Bonchev–Trinajstić information content (AvgIpc) is 2.10. The lowest BCUT2D eigenvalue weighted by atomic mass is 9.99. The fourth-order valence-corrected chi connectivity index (χ4v) is 1.15. The van der Waals surface area contributed by atoms with E-state index in [9.17, 15) is 4.79 Å². The van der Waals surface area contributed by atoms with Crippen LogP contribution in [0.5, 0.6) is 0 Å². The molecule has 0 aliphatic rings. The van der Waals surface area contributed by atoms with E-state index in [1.54, 1.807) is 0 Å². The van der Waals surface area contributed by atoms with E-state index in [1.807, 2.05) is 20.8 Å². The standard InChI is InChI=1S/C10H20O2/c1-4-10(11)9(3)7-6-8-12-5-2/h9H,4-8H2,1-3H3. The minimum absolute atomic E-state index is 0.218. The molecule has 72 valence electrons. The first-order valence-corrected chi connectivity index (χ1v) is 4.82. The summed E-state index contributed by atoms with van der Waals surface area (Å²) in [7, 11) is 0. The maximum Gasteiger partial charge on any atom is 0.135 e. The molecule has 1 unspecified atom stereocenters. The second-order valence-corrected chi connectivity index (χ2v) is 3.06. The van der Waals surface area contributed by atoms with Crippen molar-refractivity contribution < 1.29 is 9.53 Å². The molecule has 2 heteroatoms. The Bertz CT molecular complexity index is 121. The third-order valence-electron chi connectivity index (χ3n) is 2.03. The van der Waals surface area contributed by atoms with Crippen LogP contribution >= 0.6 is 0 Å². The number of hydrogen-bond donors (Lipinski definition) is 0. The van der Waals surface area contributed by atoms with Gasteiger partial charge in [0.2, 0.25) is 0 Å². The first kappa shape index (κ1) is 11.6. The normalized spacial score (nSPS) is 12.9. The lowest BCUT2D eigenvalue weighted by Gasteiger charge is -2.08. The highest BCUT2D eigenvalue weighted by atomic mass is 16.5. The Labute approximate surface area is 75.3 Å². The third-order valence-corrected chi connectivity index (χ3v) is 2.03. The zero-order chi connectivity index (χ0) is 9.40. The molecular formula is C10H20O2. The van der Waals surface area contributed by atoms with Gasteiger partial charge in [0.25, 0.3) is 0 Å². The van der Waals surface area contributed by atoms with Crippen molar-refractivity contribution in [1.29, 1.82) is 0 Å². The SMILES string of the molecule is CCOCCCC(C)C(=O)CC. The summed E-state index contributed by atoms with van der Waals surface area (Å²) in [4.78, 5) is 11.1. The summed E-state index contributed by atoms with van der Waals surface area (Å²) in [5, 5.41) is 0. The molecule has 0 saturated carbocycles. The number of hydrogen-bond acceptors (Lipinski definition) is 2. The smallest absolute Gasteiger partial charge is 0.135 e. The van der Waals surface area contributed by atoms with Crippen molar-refractivity contribution in [3.8, 4) is 0 Å². The summed E-state index contributed by atoms with van der Waals surface area (Å²) in [6.45, 7) is 7.47. The van der Waals surface area contributed by atoms with Crippen molar-refractivity contribution in [3.63, 3.8) is 0 Å². The molecule has 0 aliphatic heterocycles. The third kappa shape index (κ3) is 5.30. The maximum atomic E-state index is 11.1. The van der Waals surface area contributed by atoms with Gasteiger partial charge in [0.15, 0.2) is 0 Å². The van der Waals surface area contributed by atoms with Crippen LogP contribution in [0.4, 0.5) is 0 Å². The highest BCUT2D eigenvalue weighted by Crippen LogP contribution is 2.08. The lowest BCUT2D eigenvalue weighted by Crippen LogP contribution is -2.10. The van der Waals surface area contributed by atoms with Gasteiger partial charge in [-0.25, -0.2) is 0 Å². The Morgan fingerprint density at radius 3 is 2.58 bits per heavy atom. The van der Waals surface area contributed by atoms with E-state index < -0.39 is 0 Å². The van der Waals surface area contributed by atoms with Crippen LogP contribution in [0.3, 0.4) is 0 Å². The first-order chi connectivity index (χ1) is 5.72.